The van der Waals surface area contributed by atoms with E-state index >= 15 is 0 Å². The van der Waals surface area contributed by atoms with Gasteiger partial charge in [0.15, 0.2) is 0 Å². The summed E-state index contributed by atoms with van der Waals surface area (Å²) in [6, 6.07) is 0. The summed E-state index contributed by atoms with van der Waals surface area (Å²) in [7, 11) is 2.03. The molecule has 1 saturated heterocycles. The van der Waals surface area contributed by atoms with Crippen molar-refractivity contribution in [2.45, 2.75) is 31.7 Å². The van der Waals surface area contributed by atoms with E-state index in [9.17, 15) is 0 Å². The minimum atomic E-state index is 0.0510. The highest BCUT2D eigenvalue weighted by molar-refractivity contribution is 7.09. The van der Waals surface area contributed by atoms with E-state index in [1.807, 2.05) is 7.05 Å². The van der Waals surface area contributed by atoms with Crippen LogP contribution in [0, 0.1) is 6.92 Å². The Kier molecular flexibility index (Phi) is 3.38. The van der Waals surface area contributed by atoms with Crippen molar-refractivity contribution >= 4 is 11.3 Å². The predicted octanol–water partition coefficient (Wildman–Crippen LogP) is 2.07. The maximum Gasteiger partial charge on any atom is 0.113 e. The zero-order chi connectivity index (χ0) is 10.7. The van der Waals surface area contributed by atoms with Crippen LogP contribution in [-0.2, 0) is 10.3 Å². The van der Waals surface area contributed by atoms with Gasteiger partial charge in [-0.2, -0.15) is 0 Å². The number of nitrogens with one attached hydrogen (secondary N) is 1. The van der Waals surface area contributed by atoms with Gasteiger partial charge in [-0.05, 0) is 33.2 Å². The molecule has 3 nitrogen and oxygen atoms in total. The average molecular weight is 226 g/mol. The van der Waals surface area contributed by atoms with Crippen LogP contribution in [-0.4, -0.2) is 25.2 Å². The van der Waals surface area contributed by atoms with Gasteiger partial charge in [0.1, 0.15) is 5.01 Å². The normalized spacial score (nSPS) is 27.6. The first-order valence-corrected chi connectivity index (χ1v) is 6.34. The molecule has 1 aliphatic heterocycles. The molecule has 0 spiro atoms. The third-order valence-electron chi connectivity index (χ3n) is 3.07. The number of ether oxygens (including phenoxy) is 1. The third-order valence-corrected chi connectivity index (χ3v) is 4.24. The van der Waals surface area contributed by atoms with E-state index < -0.39 is 0 Å². The first-order chi connectivity index (χ1) is 7.27. The van der Waals surface area contributed by atoms with Crippen LogP contribution in [0.1, 0.15) is 30.0 Å². The van der Waals surface area contributed by atoms with Crippen LogP contribution in [0.15, 0.2) is 5.38 Å². The molecule has 0 aliphatic carbocycles. The highest BCUT2D eigenvalue weighted by Crippen LogP contribution is 2.33. The van der Waals surface area contributed by atoms with Crippen molar-refractivity contribution in [1.29, 1.82) is 0 Å². The molecule has 1 fully saturated rings. The molecule has 84 valence electrons. The fourth-order valence-corrected chi connectivity index (χ4v) is 3.16. The third kappa shape index (κ3) is 2.22. The molecule has 2 heterocycles. The molecule has 0 saturated carbocycles. The van der Waals surface area contributed by atoms with Crippen molar-refractivity contribution < 1.29 is 4.74 Å². The minimum Gasteiger partial charge on any atom is -0.381 e. The van der Waals surface area contributed by atoms with E-state index in [1.54, 1.807) is 11.3 Å². The smallest absolute Gasteiger partial charge is 0.113 e. The monoisotopic (exact) mass is 226 g/mol. The maximum absolute atomic E-state index is 5.52. The van der Waals surface area contributed by atoms with Crippen LogP contribution in [0.4, 0.5) is 0 Å². The summed E-state index contributed by atoms with van der Waals surface area (Å²) in [4.78, 5) is 4.62. The SMILES string of the molecule is CNC1(c2nc(C)cs2)CCCOCC1. The lowest BCUT2D eigenvalue weighted by Gasteiger charge is -2.29. The molecule has 1 aliphatic rings. The fraction of sp³-hybridized carbons (Fsp3) is 0.727. The lowest BCUT2D eigenvalue weighted by Crippen LogP contribution is -2.40. The fourth-order valence-electron chi connectivity index (χ4n) is 2.09. The number of hydrogen-bond acceptors (Lipinski definition) is 4. The van der Waals surface area contributed by atoms with Crippen LogP contribution in [0.25, 0.3) is 0 Å². The first-order valence-electron chi connectivity index (χ1n) is 5.46. The molecule has 0 amide bonds. The zero-order valence-corrected chi connectivity index (χ0v) is 10.2. The second-order valence-corrected chi connectivity index (χ2v) is 4.95. The van der Waals surface area contributed by atoms with Gasteiger partial charge in [0, 0.05) is 24.3 Å². The Bertz CT molecular complexity index is 316. The molecule has 0 aromatic carbocycles. The lowest BCUT2D eigenvalue weighted by atomic mass is 9.91. The number of nitrogens with zero attached hydrogens (tertiary/aromatic N) is 1. The quantitative estimate of drug-likeness (QED) is 0.838. The molecule has 1 N–H and O–H groups in total. The van der Waals surface area contributed by atoms with E-state index in [1.165, 1.54) is 5.01 Å². The van der Waals surface area contributed by atoms with E-state index in [4.69, 9.17) is 4.74 Å². The van der Waals surface area contributed by atoms with Crippen molar-refractivity contribution in [3.63, 3.8) is 0 Å². The van der Waals surface area contributed by atoms with Gasteiger partial charge < -0.3 is 10.1 Å². The second-order valence-electron chi connectivity index (χ2n) is 4.09. The molecule has 1 unspecified atom stereocenters. The van der Waals surface area contributed by atoms with Crippen LogP contribution < -0.4 is 5.32 Å². The summed E-state index contributed by atoms with van der Waals surface area (Å²) in [6.07, 6.45) is 3.26. The number of hydrogen-bond donors (Lipinski definition) is 1. The Morgan fingerprint density at radius 1 is 1.47 bits per heavy atom. The van der Waals surface area contributed by atoms with Gasteiger partial charge in [0.25, 0.3) is 0 Å². The molecule has 15 heavy (non-hydrogen) atoms. The van der Waals surface area contributed by atoms with Gasteiger partial charge in [-0.15, -0.1) is 11.3 Å². The van der Waals surface area contributed by atoms with Gasteiger partial charge >= 0.3 is 0 Å². The minimum absolute atomic E-state index is 0.0510. The van der Waals surface area contributed by atoms with Crippen molar-refractivity contribution in [1.82, 2.24) is 10.3 Å². The van der Waals surface area contributed by atoms with Crippen LogP contribution >= 0.6 is 11.3 Å². The number of rotatable bonds is 2. The first kappa shape index (κ1) is 11.0. The van der Waals surface area contributed by atoms with Gasteiger partial charge in [0.05, 0.1) is 5.54 Å². The summed E-state index contributed by atoms with van der Waals surface area (Å²) in [5, 5.41) is 6.80. The molecule has 2 rings (SSSR count). The summed E-state index contributed by atoms with van der Waals surface area (Å²) < 4.78 is 5.52. The number of aryl methyl sites for hydroxylation is 1. The maximum atomic E-state index is 5.52. The summed E-state index contributed by atoms with van der Waals surface area (Å²) >= 11 is 1.76. The highest BCUT2D eigenvalue weighted by atomic mass is 32.1. The molecule has 0 radical (unpaired) electrons. The molecule has 0 bridgehead atoms. The van der Waals surface area contributed by atoms with Crippen molar-refractivity contribution in [3.8, 4) is 0 Å². The Labute approximate surface area is 94.9 Å². The van der Waals surface area contributed by atoms with E-state index in [0.29, 0.717) is 0 Å². The Balaban J connectivity index is 2.26. The molecule has 1 aromatic rings. The van der Waals surface area contributed by atoms with E-state index in [-0.39, 0.29) is 5.54 Å². The summed E-state index contributed by atoms with van der Waals surface area (Å²) in [5.41, 5.74) is 1.17. The summed E-state index contributed by atoms with van der Waals surface area (Å²) in [5.74, 6) is 0. The summed E-state index contributed by atoms with van der Waals surface area (Å²) in [6.45, 7) is 3.77. The topological polar surface area (TPSA) is 34.2 Å². The second kappa shape index (κ2) is 4.60. The standard InChI is InChI=1S/C11H18N2OS/c1-9-8-15-10(13-9)11(12-2)4-3-6-14-7-5-11/h8,12H,3-7H2,1-2H3. The van der Waals surface area contributed by atoms with Crippen molar-refractivity contribution in [2.24, 2.45) is 0 Å². The predicted molar refractivity (Wildman–Crippen MR) is 62.3 cm³/mol. The van der Waals surface area contributed by atoms with Crippen molar-refractivity contribution in [3.05, 3.63) is 16.1 Å². The van der Waals surface area contributed by atoms with E-state index in [2.05, 4.69) is 22.6 Å². The van der Waals surface area contributed by atoms with Crippen LogP contribution in [0.2, 0.25) is 0 Å². The molecule has 1 atom stereocenters. The molecule has 1 aromatic heterocycles. The van der Waals surface area contributed by atoms with Crippen LogP contribution in [0.3, 0.4) is 0 Å². The van der Waals surface area contributed by atoms with Gasteiger partial charge in [-0.3, -0.25) is 0 Å². The Morgan fingerprint density at radius 3 is 3.00 bits per heavy atom. The largest absolute Gasteiger partial charge is 0.381 e. The molecule has 4 heteroatoms. The zero-order valence-electron chi connectivity index (χ0n) is 9.38. The van der Waals surface area contributed by atoms with Gasteiger partial charge in [-0.1, -0.05) is 0 Å². The Hall–Kier alpha value is -0.450. The lowest BCUT2D eigenvalue weighted by molar-refractivity contribution is 0.137. The number of aromatic nitrogens is 1. The van der Waals surface area contributed by atoms with Crippen molar-refractivity contribution in [2.75, 3.05) is 20.3 Å². The van der Waals surface area contributed by atoms with Gasteiger partial charge in [-0.25, -0.2) is 4.98 Å². The average Bonchev–Trinajstić information content (AvgIpc) is 2.56. The van der Waals surface area contributed by atoms with Gasteiger partial charge in [0.2, 0.25) is 0 Å². The van der Waals surface area contributed by atoms with E-state index in [0.717, 1.165) is 38.2 Å². The highest BCUT2D eigenvalue weighted by Gasteiger charge is 2.34. The van der Waals surface area contributed by atoms with Crippen LogP contribution in [0.5, 0.6) is 0 Å². The number of thiazole rings is 1. The molecular weight excluding hydrogens is 208 g/mol. The molecular formula is C11H18N2OS. The Morgan fingerprint density at radius 2 is 2.33 bits per heavy atom.